The summed E-state index contributed by atoms with van der Waals surface area (Å²) in [6.07, 6.45) is 0. The van der Waals surface area contributed by atoms with Crippen LogP contribution in [-0.2, 0) is 4.79 Å². The Hall–Kier alpha value is -2.08. The molecule has 0 aromatic heterocycles. The second-order valence-corrected chi connectivity index (χ2v) is 3.99. The highest BCUT2D eigenvalue weighted by atomic mass is 16.4. The molecule has 0 heterocycles. The Balaban J connectivity index is 2.70. The average molecular weight is 252 g/mol. The number of hydrogen-bond acceptors (Lipinski definition) is 3. The third kappa shape index (κ3) is 3.74. The van der Waals surface area contributed by atoms with Gasteiger partial charge in [0.05, 0.1) is 6.61 Å². The highest BCUT2D eigenvalue weighted by molar-refractivity contribution is 5.92. The van der Waals surface area contributed by atoms with E-state index in [-0.39, 0.29) is 0 Å². The lowest BCUT2D eigenvalue weighted by molar-refractivity contribution is -0.140. The maximum atomic E-state index is 11.6. The first-order chi connectivity index (χ1) is 8.43. The monoisotopic (exact) mass is 252 g/mol. The van der Waals surface area contributed by atoms with Crippen molar-refractivity contribution < 1.29 is 19.8 Å². The largest absolute Gasteiger partial charge is 0.480 e. The number of aliphatic hydroxyl groups excluding tert-OH is 1. The van der Waals surface area contributed by atoms with E-state index in [1.54, 1.807) is 6.07 Å². The molecule has 6 nitrogen and oxygen atoms in total. The summed E-state index contributed by atoms with van der Waals surface area (Å²) < 4.78 is 0. The number of benzene rings is 1. The fourth-order valence-electron chi connectivity index (χ4n) is 1.37. The number of amides is 2. The van der Waals surface area contributed by atoms with Crippen LogP contribution in [-0.4, -0.2) is 34.9 Å². The number of hydrogen-bond donors (Lipinski definition) is 4. The van der Waals surface area contributed by atoms with Gasteiger partial charge in [-0.25, -0.2) is 9.59 Å². The first kappa shape index (κ1) is 14.0. The molecule has 6 heteroatoms. The van der Waals surface area contributed by atoms with E-state index >= 15 is 0 Å². The average Bonchev–Trinajstić information content (AvgIpc) is 2.30. The third-order valence-corrected chi connectivity index (χ3v) is 2.43. The number of nitrogens with one attached hydrogen (secondary N) is 2. The van der Waals surface area contributed by atoms with Gasteiger partial charge in [-0.3, -0.25) is 0 Å². The van der Waals surface area contributed by atoms with E-state index < -0.39 is 24.6 Å². The molecule has 0 aliphatic rings. The molecule has 1 atom stereocenters. The lowest BCUT2D eigenvalue weighted by Crippen LogP contribution is -2.45. The Morgan fingerprint density at radius 1 is 1.33 bits per heavy atom. The van der Waals surface area contributed by atoms with Crippen LogP contribution in [0.3, 0.4) is 0 Å². The molecule has 4 N–H and O–H groups in total. The van der Waals surface area contributed by atoms with Crippen molar-refractivity contribution in [1.29, 1.82) is 0 Å². The van der Waals surface area contributed by atoms with Gasteiger partial charge in [0.15, 0.2) is 6.04 Å². The summed E-state index contributed by atoms with van der Waals surface area (Å²) in [4.78, 5) is 22.2. The van der Waals surface area contributed by atoms with Gasteiger partial charge in [-0.2, -0.15) is 0 Å². The van der Waals surface area contributed by atoms with E-state index in [2.05, 4.69) is 10.6 Å². The first-order valence-corrected chi connectivity index (χ1v) is 5.42. The van der Waals surface area contributed by atoms with Crippen LogP contribution in [0.5, 0.6) is 0 Å². The van der Waals surface area contributed by atoms with Gasteiger partial charge in [0.1, 0.15) is 0 Å². The van der Waals surface area contributed by atoms with Crippen molar-refractivity contribution in [1.82, 2.24) is 5.32 Å². The SMILES string of the molecule is Cc1ccc(C)c(NC(=O)NC(CO)C(=O)O)c1. The van der Waals surface area contributed by atoms with E-state index in [0.29, 0.717) is 5.69 Å². The second-order valence-electron chi connectivity index (χ2n) is 3.99. The van der Waals surface area contributed by atoms with Crippen LogP contribution in [0.2, 0.25) is 0 Å². The number of aliphatic carboxylic acids is 1. The highest BCUT2D eigenvalue weighted by Crippen LogP contribution is 2.15. The van der Waals surface area contributed by atoms with E-state index in [9.17, 15) is 9.59 Å². The maximum Gasteiger partial charge on any atom is 0.328 e. The Labute approximate surface area is 105 Å². The molecule has 1 unspecified atom stereocenters. The quantitative estimate of drug-likeness (QED) is 0.639. The minimum Gasteiger partial charge on any atom is -0.480 e. The first-order valence-electron chi connectivity index (χ1n) is 5.42. The molecule has 1 rings (SSSR count). The van der Waals surface area contributed by atoms with Crippen molar-refractivity contribution in [3.63, 3.8) is 0 Å². The zero-order valence-electron chi connectivity index (χ0n) is 10.2. The molecule has 0 saturated heterocycles. The van der Waals surface area contributed by atoms with Gasteiger partial charge in [0.2, 0.25) is 0 Å². The number of carboxylic acid groups (broad SMARTS) is 1. The fraction of sp³-hybridized carbons (Fsp3) is 0.333. The molecule has 0 spiro atoms. The fourth-order valence-corrected chi connectivity index (χ4v) is 1.37. The number of rotatable bonds is 4. The van der Waals surface area contributed by atoms with E-state index in [4.69, 9.17) is 10.2 Å². The Bertz CT molecular complexity index is 459. The topological polar surface area (TPSA) is 98.7 Å². The summed E-state index contributed by atoms with van der Waals surface area (Å²) in [6, 6.07) is 3.57. The van der Waals surface area contributed by atoms with Gasteiger partial charge < -0.3 is 20.8 Å². The lowest BCUT2D eigenvalue weighted by Gasteiger charge is -2.14. The second kappa shape index (κ2) is 6.02. The minimum absolute atomic E-state index is 0.606. The summed E-state index contributed by atoms with van der Waals surface area (Å²) in [6.45, 7) is 3.06. The van der Waals surface area contributed by atoms with Crippen molar-refractivity contribution in [2.75, 3.05) is 11.9 Å². The van der Waals surface area contributed by atoms with Crippen LogP contribution in [0.15, 0.2) is 18.2 Å². The summed E-state index contributed by atoms with van der Waals surface area (Å²) in [5, 5.41) is 22.2. The summed E-state index contributed by atoms with van der Waals surface area (Å²) in [5.41, 5.74) is 2.45. The van der Waals surface area contributed by atoms with Crippen molar-refractivity contribution in [3.8, 4) is 0 Å². The third-order valence-electron chi connectivity index (χ3n) is 2.43. The number of aryl methyl sites for hydroxylation is 2. The molecule has 0 aliphatic carbocycles. The van der Waals surface area contributed by atoms with Crippen molar-refractivity contribution in [3.05, 3.63) is 29.3 Å². The predicted molar refractivity (Wildman–Crippen MR) is 66.6 cm³/mol. The van der Waals surface area contributed by atoms with Crippen LogP contribution in [0.25, 0.3) is 0 Å². The van der Waals surface area contributed by atoms with Crippen LogP contribution >= 0.6 is 0 Å². The highest BCUT2D eigenvalue weighted by Gasteiger charge is 2.18. The van der Waals surface area contributed by atoms with Crippen LogP contribution in [0, 0.1) is 13.8 Å². The molecule has 0 radical (unpaired) electrons. The molecule has 1 aromatic carbocycles. The Morgan fingerprint density at radius 3 is 2.56 bits per heavy atom. The van der Waals surface area contributed by atoms with Gasteiger partial charge in [-0.15, -0.1) is 0 Å². The van der Waals surface area contributed by atoms with Crippen molar-refractivity contribution in [2.45, 2.75) is 19.9 Å². The molecule has 0 bridgehead atoms. The normalized spacial score (nSPS) is 11.7. The molecule has 1 aromatic rings. The predicted octanol–water partition coefficient (Wildman–Crippen LogP) is 0.870. The Morgan fingerprint density at radius 2 is 2.00 bits per heavy atom. The van der Waals surface area contributed by atoms with Crippen LogP contribution in [0.4, 0.5) is 10.5 Å². The van der Waals surface area contributed by atoms with Crippen molar-refractivity contribution in [2.24, 2.45) is 0 Å². The molecule has 98 valence electrons. The number of aliphatic hydroxyl groups is 1. The number of carbonyl (C=O) groups is 2. The van der Waals surface area contributed by atoms with Gasteiger partial charge in [0, 0.05) is 5.69 Å². The lowest BCUT2D eigenvalue weighted by atomic mass is 10.1. The molecule has 18 heavy (non-hydrogen) atoms. The van der Waals surface area contributed by atoms with Crippen LogP contribution < -0.4 is 10.6 Å². The Kier molecular flexibility index (Phi) is 4.67. The van der Waals surface area contributed by atoms with E-state index in [0.717, 1.165) is 11.1 Å². The summed E-state index contributed by atoms with van der Waals surface area (Å²) in [7, 11) is 0. The standard InChI is InChI=1S/C12H16N2O4/c1-7-3-4-8(2)9(5-7)13-12(18)14-10(6-15)11(16)17/h3-5,10,15H,6H2,1-2H3,(H,16,17)(H2,13,14,18). The number of carbonyl (C=O) groups excluding carboxylic acids is 1. The maximum absolute atomic E-state index is 11.6. The van der Waals surface area contributed by atoms with Crippen molar-refractivity contribution >= 4 is 17.7 Å². The molecule has 0 saturated carbocycles. The van der Waals surface area contributed by atoms with Gasteiger partial charge >= 0.3 is 12.0 Å². The number of anilines is 1. The molecule has 0 fully saturated rings. The van der Waals surface area contributed by atoms with Gasteiger partial charge in [0.25, 0.3) is 0 Å². The zero-order valence-corrected chi connectivity index (χ0v) is 10.2. The van der Waals surface area contributed by atoms with E-state index in [1.807, 2.05) is 26.0 Å². The van der Waals surface area contributed by atoms with Gasteiger partial charge in [-0.1, -0.05) is 12.1 Å². The smallest absolute Gasteiger partial charge is 0.328 e. The molecular formula is C12H16N2O4. The zero-order chi connectivity index (χ0) is 13.7. The molecule has 0 aliphatic heterocycles. The van der Waals surface area contributed by atoms with Crippen LogP contribution in [0.1, 0.15) is 11.1 Å². The minimum atomic E-state index is -1.31. The number of urea groups is 1. The number of carboxylic acids is 1. The molecule has 2 amide bonds. The summed E-state index contributed by atoms with van der Waals surface area (Å²) in [5.74, 6) is -1.28. The summed E-state index contributed by atoms with van der Waals surface area (Å²) >= 11 is 0. The molecular weight excluding hydrogens is 236 g/mol. The van der Waals surface area contributed by atoms with E-state index in [1.165, 1.54) is 0 Å². The van der Waals surface area contributed by atoms with Gasteiger partial charge in [-0.05, 0) is 31.0 Å².